The molecule has 0 spiro atoms. The first-order chi connectivity index (χ1) is 10.0. The molecular formula is C14H19NO6. The number of ether oxygens (including phenoxy) is 3. The molecule has 0 radical (unpaired) electrons. The third-order valence-electron chi connectivity index (χ3n) is 2.68. The molecule has 0 heterocycles. The summed E-state index contributed by atoms with van der Waals surface area (Å²) in [6.07, 6.45) is 0. The van der Waals surface area contributed by atoms with Crippen LogP contribution in [0.2, 0.25) is 0 Å². The van der Waals surface area contributed by atoms with Crippen LogP contribution in [0.15, 0.2) is 18.2 Å². The molecule has 0 aliphatic carbocycles. The zero-order valence-corrected chi connectivity index (χ0v) is 12.2. The highest BCUT2D eigenvalue weighted by Crippen LogP contribution is 2.28. The molecule has 1 unspecified atom stereocenters. The summed E-state index contributed by atoms with van der Waals surface area (Å²) in [7, 11) is 2.70. The quantitative estimate of drug-likeness (QED) is 0.700. The lowest BCUT2D eigenvalue weighted by molar-refractivity contribution is -0.145. The molecule has 21 heavy (non-hydrogen) atoms. The number of methoxy groups -OCH3 is 2. The second kappa shape index (κ2) is 8.11. The van der Waals surface area contributed by atoms with Gasteiger partial charge in [-0.2, -0.15) is 0 Å². The van der Waals surface area contributed by atoms with Gasteiger partial charge in [-0.1, -0.05) is 6.07 Å². The molecule has 0 saturated carbocycles. The first kappa shape index (κ1) is 16.8. The first-order valence-corrected chi connectivity index (χ1v) is 6.27. The smallest absolute Gasteiger partial charge is 0.331 e. The number of aliphatic hydroxyl groups excluding tert-OH is 1. The number of hydrogen-bond donors (Lipinski definition) is 2. The van der Waals surface area contributed by atoms with Gasteiger partial charge in [-0.15, -0.1) is 0 Å². The van der Waals surface area contributed by atoms with Gasteiger partial charge in [-0.3, -0.25) is 4.79 Å². The van der Waals surface area contributed by atoms with E-state index in [4.69, 9.17) is 14.6 Å². The standard InChI is InChI=1S/C14H19NO6/c1-9(17)15-11(14(18)20-3)8-21-12-5-4-10(7-16)6-13(12)19-2/h4-6,11,16H,7-8H2,1-3H3,(H,15,17). The van der Waals surface area contributed by atoms with E-state index in [9.17, 15) is 9.59 Å². The van der Waals surface area contributed by atoms with E-state index in [0.29, 0.717) is 17.1 Å². The van der Waals surface area contributed by atoms with Gasteiger partial charge in [-0.05, 0) is 17.7 Å². The fraction of sp³-hybridized carbons (Fsp3) is 0.429. The van der Waals surface area contributed by atoms with E-state index >= 15 is 0 Å². The molecule has 1 aromatic rings. The van der Waals surface area contributed by atoms with Crippen LogP contribution in [-0.4, -0.2) is 43.9 Å². The third kappa shape index (κ3) is 4.96. The second-order valence-electron chi connectivity index (χ2n) is 4.23. The molecule has 7 nitrogen and oxygen atoms in total. The predicted octanol–water partition coefficient (Wildman–Crippen LogP) is 0.244. The number of aliphatic hydroxyl groups is 1. The van der Waals surface area contributed by atoms with Crippen molar-refractivity contribution in [2.45, 2.75) is 19.6 Å². The van der Waals surface area contributed by atoms with Gasteiger partial charge in [0.05, 0.1) is 20.8 Å². The molecule has 0 aromatic heterocycles. The van der Waals surface area contributed by atoms with Crippen LogP contribution in [0.3, 0.4) is 0 Å². The van der Waals surface area contributed by atoms with E-state index in [2.05, 4.69) is 10.1 Å². The average molecular weight is 297 g/mol. The minimum atomic E-state index is -0.908. The predicted molar refractivity (Wildman–Crippen MR) is 74.0 cm³/mol. The van der Waals surface area contributed by atoms with E-state index in [1.807, 2.05) is 0 Å². The molecule has 0 saturated heterocycles. The Bertz CT molecular complexity index is 502. The molecule has 116 valence electrons. The summed E-state index contributed by atoms with van der Waals surface area (Å²) in [5, 5.41) is 11.5. The maximum absolute atomic E-state index is 11.5. The third-order valence-corrected chi connectivity index (χ3v) is 2.68. The fourth-order valence-electron chi connectivity index (χ4n) is 1.66. The van der Waals surface area contributed by atoms with Crippen LogP contribution < -0.4 is 14.8 Å². The van der Waals surface area contributed by atoms with Crippen molar-refractivity contribution in [3.05, 3.63) is 23.8 Å². The van der Waals surface area contributed by atoms with E-state index in [0.717, 1.165) is 0 Å². The molecule has 0 aliphatic rings. The van der Waals surface area contributed by atoms with Crippen LogP contribution in [0.25, 0.3) is 0 Å². The molecule has 7 heteroatoms. The molecule has 0 aliphatic heterocycles. The molecule has 1 atom stereocenters. The lowest BCUT2D eigenvalue weighted by Gasteiger charge is -2.17. The first-order valence-electron chi connectivity index (χ1n) is 6.27. The van der Waals surface area contributed by atoms with E-state index < -0.39 is 12.0 Å². The van der Waals surface area contributed by atoms with Gasteiger partial charge in [0.2, 0.25) is 5.91 Å². The van der Waals surface area contributed by atoms with Crippen molar-refractivity contribution in [3.63, 3.8) is 0 Å². The summed E-state index contributed by atoms with van der Waals surface area (Å²) in [6, 6.07) is 4.01. The van der Waals surface area contributed by atoms with Gasteiger partial charge in [-0.25, -0.2) is 4.79 Å². The number of rotatable bonds is 7. The maximum Gasteiger partial charge on any atom is 0.331 e. The van der Waals surface area contributed by atoms with Gasteiger partial charge in [0, 0.05) is 6.92 Å². The van der Waals surface area contributed by atoms with Crippen molar-refractivity contribution in [1.29, 1.82) is 0 Å². The number of hydrogen-bond acceptors (Lipinski definition) is 6. The number of amides is 1. The highest BCUT2D eigenvalue weighted by Gasteiger charge is 2.21. The Balaban J connectivity index is 2.79. The molecule has 1 amide bonds. The second-order valence-corrected chi connectivity index (χ2v) is 4.23. The summed E-state index contributed by atoms with van der Waals surface area (Å²) in [5.74, 6) is -0.144. The zero-order chi connectivity index (χ0) is 15.8. The van der Waals surface area contributed by atoms with E-state index in [1.165, 1.54) is 21.1 Å². The van der Waals surface area contributed by atoms with Gasteiger partial charge in [0.25, 0.3) is 0 Å². The zero-order valence-electron chi connectivity index (χ0n) is 12.2. The summed E-state index contributed by atoms with van der Waals surface area (Å²) >= 11 is 0. The van der Waals surface area contributed by atoms with Crippen LogP contribution in [0.1, 0.15) is 12.5 Å². The lowest BCUT2D eigenvalue weighted by Crippen LogP contribution is -2.44. The SMILES string of the molecule is COC(=O)C(COc1ccc(CO)cc1OC)NC(C)=O. The van der Waals surface area contributed by atoms with Gasteiger partial charge in [0.1, 0.15) is 6.61 Å². The Kier molecular flexibility index (Phi) is 6.48. The molecule has 2 N–H and O–H groups in total. The summed E-state index contributed by atoms with van der Waals surface area (Å²) in [4.78, 5) is 22.6. The van der Waals surface area contributed by atoms with Crippen molar-refractivity contribution >= 4 is 11.9 Å². The molecule has 0 bridgehead atoms. The minimum Gasteiger partial charge on any atom is -0.493 e. The normalized spacial score (nSPS) is 11.4. The number of nitrogens with one attached hydrogen (secondary N) is 1. The topological polar surface area (TPSA) is 94.1 Å². The Morgan fingerprint density at radius 3 is 2.52 bits per heavy atom. The number of benzene rings is 1. The van der Waals surface area contributed by atoms with Gasteiger partial charge >= 0.3 is 5.97 Å². The van der Waals surface area contributed by atoms with Crippen LogP contribution >= 0.6 is 0 Å². The number of carbonyl (C=O) groups is 2. The number of esters is 1. The van der Waals surface area contributed by atoms with Crippen LogP contribution in [0.4, 0.5) is 0 Å². The van der Waals surface area contributed by atoms with Crippen molar-refractivity contribution in [3.8, 4) is 11.5 Å². The molecular weight excluding hydrogens is 278 g/mol. The summed E-state index contributed by atoms with van der Waals surface area (Å²) < 4.78 is 15.2. The largest absolute Gasteiger partial charge is 0.493 e. The monoisotopic (exact) mass is 297 g/mol. The lowest BCUT2D eigenvalue weighted by atomic mass is 10.2. The molecule has 1 rings (SSSR count). The molecule has 1 aromatic carbocycles. The van der Waals surface area contributed by atoms with Gasteiger partial charge < -0.3 is 24.6 Å². The maximum atomic E-state index is 11.5. The highest BCUT2D eigenvalue weighted by atomic mass is 16.5. The van der Waals surface area contributed by atoms with Crippen molar-refractivity contribution in [2.75, 3.05) is 20.8 Å². The summed E-state index contributed by atoms with van der Waals surface area (Å²) in [6.45, 7) is 1.08. The van der Waals surface area contributed by atoms with Crippen LogP contribution in [0.5, 0.6) is 11.5 Å². The Hall–Kier alpha value is -2.28. The fourth-order valence-corrected chi connectivity index (χ4v) is 1.66. The molecule has 0 fully saturated rings. The average Bonchev–Trinajstić information content (AvgIpc) is 2.49. The van der Waals surface area contributed by atoms with Crippen LogP contribution in [0, 0.1) is 0 Å². The minimum absolute atomic E-state index is 0.0961. The summed E-state index contributed by atoms with van der Waals surface area (Å²) in [5.41, 5.74) is 0.672. The highest BCUT2D eigenvalue weighted by molar-refractivity contribution is 5.83. The van der Waals surface area contributed by atoms with Crippen molar-refractivity contribution in [2.24, 2.45) is 0 Å². The Labute approximate surface area is 122 Å². The van der Waals surface area contributed by atoms with E-state index in [1.54, 1.807) is 18.2 Å². The Morgan fingerprint density at radius 2 is 2.00 bits per heavy atom. The van der Waals surface area contributed by atoms with Crippen LogP contribution in [-0.2, 0) is 20.9 Å². The van der Waals surface area contributed by atoms with Crippen molar-refractivity contribution < 1.29 is 28.9 Å². The van der Waals surface area contributed by atoms with Crippen molar-refractivity contribution in [1.82, 2.24) is 5.32 Å². The van der Waals surface area contributed by atoms with Gasteiger partial charge in [0.15, 0.2) is 17.5 Å². The van der Waals surface area contributed by atoms with E-state index in [-0.39, 0.29) is 19.1 Å². The Morgan fingerprint density at radius 1 is 1.29 bits per heavy atom. The number of carbonyl (C=O) groups excluding carboxylic acids is 2.